The second-order valence-electron chi connectivity index (χ2n) is 16.1. The lowest BCUT2D eigenvalue weighted by molar-refractivity contribution is 1.12. The number of nitrogens with zero attached hydrogens (tertiary/aromatic N) is 6. The fraction of sp³-hybridized carbons (Fsp3) is 0.0175. The van der Waals surface area contributed by atoms with Crippen molar-refractivity contribution < 1.29 is 0 Å². The van der Waals surface area contributed by atoms with Crippen molar-refractivity contribution in [1.29, 1.82) is 0 Å². The Morgan fingerprint density at radius 1 is 0.429 bits per heavy atom. The third kappa shape index (κ3) is 5.47. The van der Waals surface area contributed by atoms with Crippen molar-refractivity contribution in [3.05, 3.63) is 218 Å². The zero-order valence-corrected chi connectivity index (χ0v) is 33.9. The van der Waals surface area contributed by atoms with Crippen LogP contribution in [0, 0.1) is 12.1 Å². The highest BCUT2D eigenvalue weighted by atomic mass is 15.0. The van der Waals surface area contributed by atoms with Gasteiger partial charge in [-0.15, -0.1) is 0 Å². The minimum Gasteiger partial charge on any atom is -0.308 e. The van der Waals surface area contributed by atoms with Gasteiger partial charge in [0, 0.05) is 64.9 Å². The van der Waals surface area contributed by atoms with E-state index < -0.39 is 0 Å². The Kier molecular flexibility index (Phi) is 7.78. The molecule has 0 saturated heterocycles. The molecule has 0 saturated carbocycles. The predicted octanol–water partition coefficient (Wildman–Crippen LogP) is 13.3. The highest BCUT2D eigenvalue weighted by Gasteiger charge is 2.26. The van der Waals surface area contributed by atoms with Crippen LogP contribution in [0.25, 0.3) is 111 Å². The maximum atomic E-state index is 4.98. The first-order chi connectivity index (χ1) is 31.3. The zero-order chi connectivity index (χ0) is 41.4. The van der Waals surface area contributed by atoms with E-state index in [0.29, 0.717) is 0 Å². The molecule has 0 amide bonds. The SMILES string of the molecule is c1ccnc(-c2ccccc2-c2ccc3c(c2)c2ncccc2n3-c2cccc3c2Cc2ccc(-n4c5ccc(-c6ccccc6-c6ccccn6)cc5c5ncccc54)cc2-3)c#1. The fourth-order valence-corrected chi connectivity index (χ4v) is 9.91. The zero-order valence-electron chi connectivity index (χ0n) is 33.9. The van der Waals surface area contributed by atoms with Gasteiger partial charge in [0.05, 0.1) is 44.5 Å². The van der Waals surface area contributed by atoms with Gasteiger partial charge in [-0.05, 0) is 129 Å². The molecule has 1 aliphatic rings. The molecule has 0 atom stereocenters. The van der Waals surface area contributed by atoms with Crippen molar-refractivity contribution in [2.45, 2.75) is 6.42 Å². The van der Waals surface area contributed by atoms with Gasteiger partial charge in [-0.25, -0.2) is 4.98 Å². The van der Waals surface area contributed by atoms with Crippen LogP contribution in [-0.2, 0) is 6.42 Å². The smallest absolute Gasteiger partial charge is 0.121 e. The number of benzene rings is 6. The number of pyridine rings is 3. The summed E-state index contributed by atoms with van der Waals surface area (Å²) in [6.07, 6.45) is 8.24. The molecule has 0 N–H and O–H groups in total. The largest absolute Gasteiger partial charge is 0.308 e. The van der Waals surface area contributed by atoms with E-state index in [9.17, 15) is 0 Å². The molecular formula is C57H34N6. The Hall–Kier alpha value is -8.66. The van der Waals surface area contributed by atoms with Gasteiger partial charge >= 0.3 is 0 Å². The summed E-state index contributed by atoms with van der Waals surface area (Å²) in [4.78, 5) is 19.2. The molecule has 0 radical (unpaired) electrons. The quantitative estimate of drug-likeness (QED) is 0.168. The number of hydrogen-bond donors (Lipinski definition) is 0. The molecule has 6 nitrogen and oxygen atoms in total. The summed E-state index contributed by atoms with van der Waals surface area (Å²) in [5, 5.41) is 2.22. The average Bonchev–Trinajstić information content (AvgIpc) is 4.01. The van der Waals surface area contributed by atoms with Crippen LogP contribution in [0.2, 0.25) is 0 Å². The molecular weight excluding hydrogens is 769 g/mol. The van der Waals surface area contributed by atoms with E-state index in [1.807, 2.05) is 48.9 Å². The molecule has 6 heteroatoms. The van der Waals surface area contributed by atoms with Gasteiger partial charge in [0.1, 0.15) is 5.69 Å². The first-order valence-electron chi connectivity index (χ1n) is 21.2. The molecule has 1 aliphatic carbocycles. The summed E-state index contributed by atoms with van der Waals surface area (Å²) in [5.74, 6) is 0. The molecule has 6 aromatic carbocycles. The Morgan fingerprint density at radius 2 is 1.08 bits per heavy atom. The van der Waals surface area contributed by atoms with Crippen LogP contribution in [0.1, 0.15) is 11.1 Å². The molecule has 0 fully saturated rings. The van der Waals surface area contributed by atoms with Crippen molar-refractivity contribution in [2.24, 2.45) is 0 Å². The maximum Gasteiger partial charge on any atom is 0.121 e. The second kappa shape index (κ2) is 14.0. The highest BCUT2D eigenvalue weighted by Crippen LogP contribution is 2.45. The normalized spacial score (nSPS) is 11.9. The Balaban J connectivity index is 0.932. The fourth-order valence-electron chi connectivity index (χ4n) is 9.91. The molecule has 12 aromatic rings. The van der Waals surface area contributed by atoms with Gasteiger partial charge in [-0.3, -0.25) is 15.0 Å². The monoisotopic (exact) mass is 802 g/mol. The van der Waals surface area contributed by atoms with E-state index in [0.717, 1.165) is 101 Å². The van der Waals surface area contributed by atoms with Gasteiger partial charge in [-0.2, -0.15) is 0 Å². The number of hydrogen-bond acceptors (Lipinski definition) is 4. The van der Waals surface area contributed by atoms with Crippen LogP contribution >= 0.6 is 0 Å². The van der Waals surface area contributed by atoms with E-state index in [1.54, 1.807) is 12.3 Å². The van der Waals surface area contributed by atoms with Crippen molar-refractivity contribution in [3.63, 3.8) is 0 Å². The lowest BCUT2D eigenvalue weighted by Crippen LogP contribution is -1.99. The summed E-state index contributed by atoms with van der Waals surface area (Å²) in [5.41, 5.74) is 22.1. The highest BCUT2D eigenvalue weighted by molar-refractivity contribution is 6.10. The third-order valence-electron chi connectivity index (χ3n) is 12.7. The van der Waals surface area contributed by atoms with Gasteiger partial charge in [0.15, 0.2) is 0 Å². The van der Waals surface area contributed by atoms with Crippen LogP contribution in [0.5, 0.6) is 0 Å². The van der Waals surface area contributed by atoms with Crippen LogP contribution in [0.3, 0.4) is 0 Å². The lowest BCUT2D eigenvalue weighted by Gasteiger charge is -2.14. The summed E-state index contributed by atoms with van der Waals surface area (Å²) in [6.45, 7) is 0. The first-order valence-corrected chi connectivity index (χ1v) is 21.2. The van der Waals surface area contributed by atoms with Crippen LogP contribution in [0.4, 0.5) is 0 Å². The van der Waals surface area contributed by atoms with Crippen molar-refractivity contribution in [2.75, 3.05) is 0 Å². The Labute approximate surface area is 363 Å². The van der Waals surface area contributed by atoms with Crippen molar-refractivity contribution >= 4 is 43.9 Å². The predicted molar refractivity (Wildman–Crippen MR) is 254 cm³/mol. The average molecular weight is 803 g/mol. The first kappa shape index (κ1) is 35.1. The Morgan fingerprint density at radius 3 is 1.79 bits per heavy atom. The van der Waals surface area contributed by atoms with Gasteiger partial charge < -0.3 is 9.13 Å². The number of aromatic nitrogens is 6. The lowest BCUT2D eigenvalue weighted by atomic mass is 9.96. The summed E-state index contributed by atoms with van der Waals surface area (Å²) in [7, 11) is 0. The molecule has 63 heavy (non-hydrogen) atoms. The van der Waals surface area contributed by atoms with Crippen molar-refractivity contribution in [3.8, 4) is 67.3 Å². The second-order valence-corrected chi connectivity index (χ2v) is 16.1. The van der Waals surface area contributed by atoms with Gasteiger partial charge in [-0.1, -0.05) is 91.0 Å². The van der Waals surface area contributed by atoms with Crippen LogP contribution < -0.4 is 0 Å². The molecule has 0 unspecified atom stereocenters. The van der Waals surface area contributed by atoms with Crippen LogP contribution in [0.15, 0.2) is 195 Å². The van der Waals surface area contributed by atoms with Crippen molar-refractivity contribution in [1.82, 2.24) is 29.1 Å². The summed E-state index contributed by atoms with van der Waals surface area (Å²) >= 11 is 0. The number of rotatable bonds is 6. The van der Waals surface area contributed by atoms with Crippen LogP contribution in [-0.4, -0.2) is 29.1 Å². The van der Waals surface area contributed by atoms with Gasteiger partial charge in [0.25, 0.3) is 0 Å². The Bertz CT molecular complexity index is 3770. The summed E-state index contributed by atoms with van der Waals surface area (Å²) < 4.78 is 4.77. The molecule has 6 aromatic heterocycles. The molecule has 0 spiro atoms. The molecule has 292 valence electrons. The van der Waals surface area contributed by atoms with E-state index in [2.05, 4.69) is 165 Å². The van der Waals surface area contributed by atoms with E-state index in [-0.39, 0.29) is 0 Å². The summed E-state index contributed by atoms with van der Waals surface area (Å²) in [6, 6.07) is 66.6. The molecule has 6 heterocycles. The standard InChI is InChI=1S/C57H34N6/c1-3-14-43(49-17-5-7-28-58-49)40(12-1)36-23-26-52-47(33-36)56-54(20-10-30-60-56)62(52)39-25-22-38-32-46-42(45(38)35-39)16-9-19-51(46)63-53-27-24-37(34-48(53)57-55(63)21-11-31-61-57)41-13-2-4-15-44(41)50-18-6-8-29-59-50/h1-5,7-17,19-31,33-35H,32H2. The van der Waals surface area contributed by atoms with Gasteiger partial charge in [0.2, 0.25) is 0 Å². The minimum atomic E-state index is 0.777. The minimum absolute atomic E-state index is 0.777. The third-order valence-corrected chi connectivity index (χ3v) is 12.7. The molecule has 0 aliphatic heterocycles. The van der Waals surface area contributed by atoms with E-state index in [1.165, 1.54) is 27.9 Å². The van der Waals surface area contributed by atoms with E-state index in [4.69, 9.17) is 9.97 Å². The topological polar surface area (TPSA) is 61.4 Å². The molecule has 13 rings (SSSR count). The number of fused-ring (bicyclic) bond motifs is 9. The molecule has 0 bridgehead atoms. The van der Waals surface area contributed by atoms with E-state index >= 15 is 0 Å². The maximum absolute atomic E-state index is 4.98.